The zero-order chi connectivity index (χ0) is 11.4. The minimum absolute atomic E-state index is 0.412. The molecule has 0 aliphatic rings. The number of benzene rings is 1. The third-order valence-corrected chi connectivity index (χ3v) is 2.20. The quantitative estimate of drug-likeness (QED) is 0.756. The number of nitrogens with two attached hydrogens (primary N) is 1. The molecule has 3 N–H and O–H groups in total. The molecule has 0 bridgehead atoms. The van der Waals surface area contributed by atoms with E-state index in [1.165, 1.54) is 0 Å². The van der Waals surface area contributed by atoms with Crippen molar-refractivity contribution in [3.8, 4) is 0 Å². The number of ether oxygens (including phenoxy) is 1. The van der Waals surface area contributed by atoms with Crippen LogP contribution in [0.2, 0.25) is 0 Å². The summed E-state index contributed by atoms with van der Waals surface area (Å²) in [6, 6.07) is 7.63. The lowest BCUT2D eigenvalue weighted by atomic mass is 10.3. The van der Waals surface area contributed by atoms with Crippen LogP contribution in [0.15, 0.2) is 24.3 Å². The van der Waals surface area contributed by atoms with E-state index in [9.17, 15) is 0 Å². The number of aromatic nitrogens is 2. The van der Waals surface area contributed by atoms with Gasteiger partial charge in [-0.2, -0.15) is 0 Å². The van der Waals surface area contributed by atoms with Gasteiger partial charge >= 0.3 is 0 Å². The van der Waals surface area contributed by atoms with Crippen molar-refractivity contribution in [2.75, 3.05) is 31.3 Å². The molecule has 0 aliphatic heterocycles. The minimum atomic E-state index is 0.412. The van der Waals surface area contributed by atoms with Crippen LogP contribution in [0.4, 0.5) is 11.6 Å². The Kier molecular flexibility index (Phi) is 3.16. The normalized spacial score (nSPS) is 10.6. The maximum absolute atomic E-state index is 5.79. The van der Waals surface area contributed by atoms with Gasteiger partial charge in [0.05, 0.1) is 17.6 Å². The average molecular weight is 218 g/mol. The molecule has 0 unspecified atom stereocenters. The molecule has 0 aliphatic carbocycles. The fraction of sp³-hybridized carbons (Fsp3) is 0.273. The first-order valence-electron chi connectivity index (χ1n) is 5.06. The van der Waals surface area contributed by atoms with Crippen molar-refractivity contribution < 1.29 is 4.74 Å². The zero-order valence-electron chi connectivity index (χ0n) is 9.10. The molecule has 1 aromatic heterocycles. The summed E-state index contributed by atoms with van der Waals surface area (Å²) in [5, 5.41) is 3.08. The van der Waals surface area contributed by atoms with Gasteiger partial charge in [0.1, 0.15) is 0 Å². The second-order valence-corrected chi connectivity index (χ2v) is 3.37. The highest BCUT2D eigenvalue weighted by Crippen LogP contribution is 2.17. The third-order valence-electron chi connectivity index (χ3n) is 2.20. The molecule has 2 aromatic rings. The summed E-state index contributed by atoms with van der Waals surface area (Å²) in [5.74, 6) is 1.02. The summed E-state index contributed by atoms with van der Waals surface area (Å²) in [6.07, 6.45) is 0. The lowest BCUT2D eigenvalue weighted by molar-refractivity contribution is 0.210. The molecule has 0 fully saturated rings. The maximum atomic E-state index is 5.79. The van der Waals surface area contributed by atoms with Crippen molar-refractivity contribution in [1.29, 1.82) is 0 Å². The largest absolute Gasteiger partial charge is 0.383 e. The number of methoxy groups -OCH3 is 1. The predicted molar refractivity (Wildman–Crippen MR) is 64.3 cm³/mol. The summed E-state index contributed by atoms with van der Waals surface area (Å²) in [7, 11) is 1.65. The number of nitrogen functional groups attached to an aromatic ring is 1. The van der Waals surface area contributed by atoms with E-state index in [0.717, 1.165) is 11.0 Å². The van der Waals surface area contributed by atoms with Crippen LogP contribution in [-0.2, 0) is 4.74 Å². The van der Waals surface area contributed by atoms with Crippen molar-refractivity contribution in [3.63, 3.8) is 0 Å². The number of hydrogen-bond donors (Lipinski definition) is 2. The summed E-state index contributed by atoms with van der Waals surface area (Å²) >= 11 is 0. The molecule has 1 aromatic carbocycles. The molecule has 0 amide bonds. The lowest BCUT2D eigenvalue weighted by Gasteiger charge is -2.08. The Labute approximate surface area is 93.7 Å². The number of nitrogens with zero attached hydrogens (tertiary/aromatic N) is 2. The predicted octanol–water partition coefficient (Wildman–Crippen LogP) is 1.27. The summed E-state index contributed by atoms with van der Waals surface area (Å²) in [5.41, 5.74) is 7.43. The molecule has 0 atom stereocenters. The fourth-order valence-electron chi connectivity index (χ4n) is 1.42. The van der Waals surface area contributed by atoms with E-state index >= 15 is 0 Å². The zero-order valence-corrected chi connectivity index (χ0v) is 9.10. The smallest absolute Gasteiger partial charge is 0.169 e. The van der Waals surface area contributed by atoms with Crippen LogP contribution in [0.3, 0.4) is 0 Å². The first-order valence-corrected chi connectivity index (χ1v) is 5.06. The first-order chi connectivity index (χ1) is 7.81. The van der Waals surface area contributed by atoms with Gasteiger partial charge in [0.15, 0.2) is 11.6 Å². The number of fused-ring (bicyclic) bond motifs is 1. The van der Waals surface area contributed by atoms with Gasteiger partial charge in [0.2, 0.25) is 0 Å². The first kappa shape index (κ1) is 10.6. The molecule has 5 nitrogen and oxygen atoms in total. The Balaban J connectivity index is 2.27. The third kappa shape index (κ3) is 2.20. The monoisotopic (exact) mass is 218 g/mol. The Hall–Kier alpha value is -1.88. The molecule has 0 spiro atoms. The molecule has 5 heteroatoms. The van der Waals surface area contributed by atoms with Gasteiger partial charge in [0.25, 0.3) is 0 Å². The van der Waals surface area contributed by atoms with Crippen molar-refractivity contribution in [2.45, 2.75) is 0 Å². The van der Waals surface area contributed by atoms with E-state index < -0.39 is 0 Å². The summed E-state index contributed by atoms with van der Waals surface area (Å²) < 4.78 is 4.94. The van der Waals surface area contributed by atoms with Crippen molar-refractivity contribution in [1.82, 2.24) is 9.97 Å². The SMILES string of the molecule is COCCNc1nc2ccccc2nc1N. The minimum Gasteiger partial charge on any atom is -0.383 e. The number of para-hydroxylation sites is 2. The van der Waals surface area contributed by atoms with Gasteiger partial charge in [-0.05, 0) is 12.1 Å². The van der Waals surface area contributed by atoms with Gasteiger partial charge < -0.3 is 15.8 Å². The number of anilines is 2. The van der Waals surface area contributed by atoms with Crippen LogP contribution in [0, 0.1) is 0 Å². The standard InChI is InChI=1S/C11H14N4O/c1-16-7-6-13-11-10(12)14-8-4-2-3-5-9(8)15-11/h2-5H,6-7H2,1H3,(H2,12,14)(H,13,15). The fourth-order valence-corrected chi connectivity index (χ4v) is 1.42. The molecule has 0 radical (unpaired) electrons. The van der Waals surface area contributed by atoms with Crippen LogP contribution < -0.4 is 11.1 Å². The molecule has 0 saturated heterocycles. The van der Waals surface area contributed by atoms with Gasteiger partial charge in [-0.3, -0.25) is 0 Å². The number of nitrogens with one attached hydrogen (secondary N) is 1. The van der Waals surface area contributed by atoms with Crippen LogP contribution in [0.25, 0.3) is 11.0 Å². The maximum Gasteiger partial charge on any atom is 0.169 e. The molecule has 84 valence electrons. The Morgan fingerprint density at radius 3 is 2.62 bits per heavy atom. The molecular weight excluding hydrogens is 204 g/mol. The lowest BCUT2D eigenvalue weighted by Crippen LogP contribution is -2.11. The van der Waals surface area contributed by atoms with E-state index in [0.29, 0.717) is 24.8 Å². The van der Waals surface area contributed by atoms with E-state index in [1.807, 2.05) is 24.3 Å². The number of rotatable bonds is 4. The van der Waals surface area contributed by atoms with Crippen LogP contribution >= 0.6 is 0 Å². The van der Waals surface area contributed by atoms with Gasteiger partial charge in [-0.15, -0.1) is 0 Å². The Morgan fingerprint density at radius 2 is 1.94 bits per heavy atom. The van der Waals surface area contributed by atoms with Crippen LogP contribution in [0.5, 0.6) is 0 Å². The van der Waals surface area contributed by atoms with E-state index in [-0.39, 0.29) is 0 Å². The number of hydrogen-bond acceptors (Lipinski definition) is 5. The Bertz CT molecular complexity index is 486. The van der Waals surface area contributed by atoms with Gasteiger partial charge in [-0.25, -0.2) is 9.97 Å². The van der Waals surface area contributed by atoms with Crippen molar-refractivity contribution >= 4 is 22.7 Å². The Morgan fingerprint density at radius 1 is 1.25 bits per heavy atom. The van der Waals surface area contributed by atoms with E-state index in [4.69, 9.17) is 10.5 Å². The van der Waals surface area contributed by atoms with Crippen molar-refractivity contribution in [2.24, 2.45) is 0 Å². The van der Waals surface area contributed by atoms with Crippen molar-refractivity contribution in [3.05, 3.63) is 24.3 Å². The van der Waals surface area contributed by atoms with Crippen LogP contribution in [0.1, 0.15) is 0 Å². The second-order valence-electron chi connectivity index (χ2n) is 3.37. The second kappa shape index (κ2) is 4.76. The average Bonchev–Trinajstić information content (AvgIpc) is 2.30. The van der Waals surface area contributed by atoms with E-state index in [2.05, 4.69) is 15.3 Å². The highest BCUT2D eigenvalue weighted by molar-refractivity contribution is 5.79. The summed E-state index contributed by atoms with van der Waals surface area (Å²) in [4.78, 5) is 8.66. The molecule has 1 heterocycles. The van der Waals surface area contributed by atoms with E-state index in [1.54, 1.807) is 7.11 Å². The topological polar surface area (TPSA) is 73.1 Å². The highest BCUT2D eigenvalue weighted by Gasteiger charge is 2.04. The van der Waals surface area contributed by atoms with Gasteiger partial charge in [0, 0.05) is 13.7 Å². The molecular formula is C11H14N4O. The molecule has 2 rings (SSSR count). The molecule has 0 saturated carbocycles. The van der Waals surface area contributed by atoms with Crippen LogP contribution in [-0.4, -0.2) is 30.2 Å². The molecule has 16 heavy (non-hydrogen) atoms. The highest BCUT2D eigenvalue weighted by atomic mass is 16.5. The van der Waals surface area contributed by atoms with Gasteiger partial charge in [-0.1, -0.05) is 12.1 Å². The summed E-state index contributed by atoms with van der Waals surface area (Å²) in [6.45, 7) is 1.27.